The Morgan fingerprint density at radius 3 is 2.88 bits per heavy atom. The Labute approximate surface area is 152 Å². The molecule has 2 aliphatic heterocycles. The van der Waals surface area contributed by atoms with Crippen LogP contribution in [0.15, 0.2) is 6.20 Å². The Kier molecular flexibility index (Phi) is 4.31. The van der Waals surface area contributed by atoms with E-state index in [1.54, 1.807) is 4.68 Å². The molecule has 0 aromatic carbocycles. The Morgan fingerprint density at radius 1 is 1.28 bits per heavy atom. The van der Waals surface area contributed by atoms with Crippen LogP contribution in [-0.2, 0) is 20.0 Å². The molecule has 2 aromatic heterocycles. The highest BCUT2D eigenvalue weighted by molar-refractivity contribution is 6.34. The third-order valence-corrected chi connectivity index (χ3v) is 6.02. The van der Waals surface area contributed by atoms with Crippen LogP contribution >= 0.6 is 11.6 Å². The van der Waals surface area contributed by atoms with Crippen LogP contribution in [0, 0.1) is 6.92 Å². The summed E-state index contributed by atoms with van der Waals surface area (Å²) in [4.78, 5) is 19.5. The first-order valence-electron chi connectivity index (χ1n) is 9.09. The molecule has 6 nitrogen and oxygen atoms in total. The summed E-state index contributed by atoms with van der Waals surface area (Å²) in [6.45, 7) is 4.39. The van der Waals surface area contributed by atoms with Crippen molar-refractivity contribution in [2.75, 3.05) is 13.1 Å². The summed E-state index contributed by atoms with van der Waals surface area (Å²) in [5.41, 5.74) is 2.53. The van der Waals surface area contributed by atoms with Gasteiger partial charge in [-0.2, -0.15) is 5.10 Å². The van der Waals surface area contributed by atoms with Gasteiger partial charge in [0.2, 0.25) is 0 Å². The zero-order valence-electron chi connectivity index (χ0n) is 14.8. The first kappa shape index (κ1) is 16.6. The molecule has 134 valence electrons. The minimum Gasteiger partial charge on any atom is -0.336 e. The van der Waals surface area contributed by atoms with E-state index >= 15 is 0 Å². The number of rotatable bonds is 2. The Morgan fingerprint density at radius 2 is 2.12 bits per heavy atom. The number of hydrogen-bond donors (Lipinski definition) is 0. The lowest BCUT2D eigenvalue weighted by molar-refractivity contribution is 0.0696. The summed E-state index contributed by atoms with van der Waals surface area (Å²) >= 11 is 6.31. The Balaban J connectivity index is 1.56. The van der Waals surface area contributed by atoms with Gasteiger partial charge in [-0.3, -0.25) is 9.48 Å². The lowest BCUT2D eigenvalue weighted by atomic mass is 9.96. The molecule has 7 heteroatoms. The van der Waals surface area contributed by atoms with Crippen molar-refractivity contribution in [1.82, 2.24) is 24.2 Å². The minimum absolute atomic E-state index is 0.0659. The summed E-state index contributed by atoms with van der Waals surface area (Å²) in [6.07, 6.45) is 7.67. The first-order chi connectivity index (χ1) is 12.1. The van der Waals surface area contributed by atoms with Gasteiger partial charge in [0.25, 0.3) is 5.91 Å². The number of piperidine rings is 1. The highest BCUT2D eigenvalue weighted by Crippen LogP contribution is 2.30. The molecule has 0 radical (unpaired) electrons. The number of carbonyl (C=O) groups excluding carboxylic acids is 1. The molecule has 4 heterocycles. The summed E-state index contributed by atoms with van der Waals surface area (Å²) in [5.74, 6) is 1.38. The molecule has 1 atom stereocenters. The van der Waals surface area contributed by atoms with Gasteiger partial charge in [0.1, 0.15) is 5.82 Å². The predicted octanol–water partition coefficient (Wildman–Crippen LogP) is 2.93. The van der Waals surface area contributed by atoms with E-state index < -0.39 is 0 Å². The maximum absolute atomic E-state index is 12.9. The molecule has 0 spiro atoms. The average Bonchev–Trinajstić information content (AvgIpc) is 3.18. The molecule has 2 aromatic rings. The van der Waals surface area contributed by atoms with Crippen molar-refractivity contribution in [3.05, 3.63) is 34.1 Å². The fourth-order valence-electron chi connectivity index (χ4n) is 4.03. The average molecular weight is 362 g/mol. The number of carbonyl (C=O) groups is 1. The molecule has 0 unspecified atom stereocenters. The number of hydrogen-bond acceptors (Lipinski definition) is 3. The number of likely N-dealkylation sites (tertiary alicyclic amines) is 1. The third-order valence-electron chi connectivity index (χ3n) is 5.57. The van der Waals surface area contributed by atoms with Crippen molar-refractivity contribution in [2.24, 2.45) is 7.05 Å². The smallest absolute Gasteiger partial charge is 0.275 e. The van der Waals surface area contributed by atoms with E-state index in [0.717, 1.165) is 43.9 Å². The summed E-state index contributed by atoms with van der Waals surface area (Å²) in [6, 6.07) is 0. The van der Waals surface area contributed by atoms with E-state index in [0.29, 0.717) is 23.2 Å². The van der Waals surface area contributed by atoms with Crippen molar-refractivity contribution in [3.8, 4) is 0 Å². The number of aromatic nitrogens is 4. The van der Waals surface area contributed by atoms with E-state index in [1.807, 2.05) is 25.1 Å². The molecular formula is C18H24ClN5O. The van der Waals surface area contributed by atoms with Gasteiger partial charge in [-0.1, -0.05) is 11.6 Å². The fourth-order valence-corrected chi connectivity index (χ4v) is 4.27. The molecule has 1 fully saturated rings. The van der Waals surface area contributed by atoms with Crippen molar-refractivity contribution in [2.45, 2.75) is 51.5 Å². The molecule has 0 N–H and O–H groups in total. The second kappa shape index (κ2) is 6.48. The summed E-state index contributed by atoms with van der Waals surface area (Å²) in [7, 11) is 1.81. The quantitative estimate of drug-likeness (QED) is 0.826. The van der Waals surface area contributed by atoms with Gasteiger partial charge in [0, 0.05) is 44.5 Å². The molecule has 0 bridgehead atoms. The van der Waals surface area contributed by atoms with Crippen LogP contribution in [0.1, 0.15) is 59.3 Å². The number of amides is 1. The van der Waals surface area contributed by atoms with E-state index in [-0.39, 0.29) is 5.91 Å². The van der Waals surface area contributed by atoms with Crippen molar-refractivity contribution in [1.29, 1.82) is 0 Å². The van der Waals surface area contributed by atoms with Crippen LogP contribution in [0.2, 0.25) is 5.02 Å². The molecule has 0 aliphatic carbocycles. The lowest BCUT2D eigenvalue weighted by Crippen LogP contribution is -2.40. The van der Waals surface area contributed by atoms with Gasteiger partial charge in [0.05, 0.1) is 10.7 Å². The normalized spacial score (nSPS) is 20.6. The summed E-state index contributed by atoms with van der Waals surface area (Å²) < 4.78 is 4.04. The lowest BCUT2D eigenvalue weighted by Gasteiger charge is -2.33. The van der Waals surface area contributed by atoms with Gasteiger partial charge >= 0.3 is 0 Å². The van der Waals surface area contributed by atoms with Crippen molar-refractivity contribution in [3.63, 3.8) is 0 Å². The van der Waals surface area contributed by atoms with E-state index in [9.17, 15) is 4.79 Å². The van der Waals surface area contributed by atoms with Gasteiger partial charge in [0.15, 0.2) is 5.69 Å². The minimum atomic E-state index is -0.0659. The largest absolute Gasteiger partial charge is 0.336 e. The Bertz CT molecular complexity index is 809. The molecule has 25 heavy (non-hydrogen) atoms. The summed E-state index contributed by atoms with van der Waals surface area (Å²) in [5, 5.41) is 4.78. The van der Waals surface area contributed by atoms with E-state index in [4.69, 9.17) is 16.6 Å². The van der Waals surface area contributed by atoms with Crippen LogP contribution in [0.3, 0.4) is 0 Å². The van der Waals surface area contributed by atoms with Crippen LogP contribution < -0.4 is 0 Å². The molecular weight excluding hydrogens is 338 g/mol. The number of imidazole rings is 1. The van der Waals surface area contributed by atoms with Crippen molar-refractivity contribution >= 4 is 17.5 Å². The zero-order valence-corrected chi connectivity index (χ0v) is 15.6. The highest BCUT2D eigenvalue weighted by atomic mass is 35.5. The first-order valence-corrected chi connectivity index (χ1v) is 9.46. The van der Waals surface area contributed by atoms with Gasteiger partial charge in [-0.15, -0.1) is 0 Å². The van der Waals surface area contributed by atoms with E-state index in [2.05, 4.69) is 9.67 Å². The number of fused-ring (bicyclic) bond motifs is 1. The third kappa shape index (κ3) is 2.86. The molecule has 1 saturated heterocycles. The van der Waals surface area contributed by atoms with Gasteiger partial charge in [-0.25, -0.2) is 4.98 Å². The van der Waals surface area contributed by atoms with Gasteiger partial charge < -0.3 is 9.47 Å². The molecule has 0 saturated carbocycles. The van der Waals surface area contributed by atoms with Crippen molar-refractivity contribution < 1.29 is 4.79 Å². The van der Waals surface area contributed by atoms with Crippen LogP contribution in [0.5, 0.6) is 0 Å². The topological polar surface area (TPSA) is 56.0 Å². The number of halogens is 1. The Hall–Kier alpha value is -1.82. The SMILES string of the molecule is Cc1c(Cl)c(C(=O)N2CCC[C@@H](c3ncc4n3CCCC4)C2)nn1C. The second-order valence-corrected chi connectivity index (χ2v) is 7.56. The van der Waals surface area contributed by atoms with Crippen LogP contribution in [0.25, 0.3) is 0 Å². The zero-order chi connectivity index (χ0) is 17.6. The molecule has 1 amide bonds. The van der Waals surface area contributed by atoms with E-state index in [1.165, 1.54) is 18.5 Å². The second-order valence-electron chi connectivity index (χ2n) is 7.18. The van der Waals surface area contributed by atoms with Crippen LogP contribution in [-0.4, -0.2) is 43.2 Å². The molecule has 2 aliphatic rings. The number of nitrogens with zero attached hydrogens (tertiary/aromatic N) is 5. The maximum Gasteiger partial charge on any atom is 0.275 e. The number of aryl methyl sites for hydroxylation is 2. The fraction of sp³-hybridized carbons (Fsp3) is 0.611. The predicted molar refractivity (Wildman–Crippen MR) is 96.0 cm³/mol. The molecule has 4 rings (SSSR count). The maximum atomic E-state index is 12.9. The van der Waals surface area contributed by atoms with Gasteiger partial charge in [-0.05, 0) is 39.0 Å². The standard InChI is InChI=1S/C18H24ClN5O/c1-12-15(19)16(21-22(12)2)18(25)23-8-5-6-13(11-23)17-20-10-14-7-3-4-9-24(14)17/h10,13H,3-9,11H2,1-2H3/t13-/m1/s1. The highest BCUT2D eigenvalue weighted by Gasteiger charge is 2.31. The monoisotopic (exact) mass is 361 g/mol. The van der Waals surface area contributed by atoms with Crippen LogP contribution in [0.4, 0.5) is 0 Å².